The standard InChI is InChI=1S/C24H32F3N5O2/c1-4-22(33)31-9-10-34-19(15-31)14-30-7-5-18(6-8-30)29-20-11-17(24(25,26)27)13-32-21(16(2)3)12-28-23(20)32/h4,11-13,16,18-19,29H,1,5-10,14-15H2,2-3H3. The zero-order valence-corrected chi connectivity index (χ0v) is 19.6. The van der Waals surface area contributed by atoms with Crippen LogP contribution >= 0.6 is 0 Å². The Labute approximate surface area is 197 Å². The van der Waals surface area contributed by atoms with Gasteiger partial charge >= 0.3 is 6.18 Å². The highest BCUT2D eigenvalue weighted by molar-refractivity contribution is 5.87. The molecule has 4 rings (SSSR count). The monoisotopic (exact) mass is 479 g/mol. The Balaban J connectivity index is 1.41. The molecule has 34 heavy (non-hydrogen) atoms. The van der Waals surface area contributed by atoms with Gasteiger partial charge in [0.05, 0.1) is 24.0 Å². The smallest absolute Gasteiger partial charge is 0.379 e. The molecule has 2 aromatic heterocycles. The van der Waals surface area contributed by atoms with Gasteiger partial charge in [0.15, 0.2) is 5.65 Å². The Bertz CT molecular complexity index is 1030. The predicted molar refractivity (Wildman–Crippen MR) is 124 cm³/mol. The molecule has 4 heterocycles. The average molecular weight is 480 g/mol. The summed E-state index contributed by atoms with van der Waals surface area (Å²) in [6.45, 7) is 11.4. The van der Waals surface area contributed by atoms with E-state index in [4.69, 9.17) is 4.74 Å². The third-order valence-corrected chi connectivity index (χ3v) is 6.59. The lowest BCUT2D eigenvalue weighted by atomic mass is 10.0. The number of halogens is 3. The molecule has 1 atom stereocenters. The fourth-order valence-corrected chi connectivity index (χ4v) is 4.72. The molecule has 186 valence electrons. The van der Waals surface area contributed by atoms with E-state index in [1.165, 1.54) is 12.1 Å². The van der Waals surface area contributed by atoms with Crippen LogP contribution in [0.15, 0.2) is 31.1 Å². The number of hydrogen-bond donors (Lipinski definition) is 1. The second kappa shape index (κ2) is 9.95. The number of rotatable bonds is 6. The number of amides is 1. The van der Waals surface area contributed by atoms with E-state index in [-0.39, 0.29) is 24.0 Å². The topological polar surface area (TPSA) is 62.1 Å². The van der Waals surface area contributed by atoms with Gasteiger partial charge in [-0.05, 0) is 30.9 Å². The number of nitrogens with zero attached hydrogens (tertiary/aromatic N) is 4. The van der Waals surface area contributed by atoms with E-state index in [0.717, 1.165) is 44.4 Å². The number of anilines is 1. The Hall–Kier alpha value is -2.59. The zero-order chi connectivity index (χ0) is 24.5. The Morgan fingerprint density at radius 2 is 2.06 bits per heavy atom. The van der Waals surface area contributed by atoms with E-state index in [0.29, 0.717) is 31.0 Å². The molecule has 7 nitrogen and oxygen atoms in total. The van der Waals surface area contributed by atoms with Crippen molar-refractivity contribution in [3.63, 3.8) is 0 Å². The third-order valence-electron chi connectivity index (χ3n) is 6.59. The molecular weight excluding hydrogens is 447 g/mol. The van der Waals surface area contributed by atoms with Gasteiger partial charge in [0, 0.05) is 56.9 Å². The lowest BCUT2D eigenvalue weighted by Crippen LogP contribution is -2.51. The molecule has 10 heteroatoms. The molecule has 0 bridgehead atoms. The summed E-state index contributed by atoms with van der Waals surface area (Å²) in [6, 6.07) is 1.22. The van der Waals surface area contributed by atoms with Gasteiger partial charge in [0.1, 0.15) is 0 Å². The average Bonchev–Trinajstić information content (AvgIpc) is 3.24. The van der Waals surface area contributed by atoms with Crippen LogP contribution in [0.4, 0.5) is 18.9 Å². The molecule has 2 aromatic rings. The van der Waals surface area contributed by atoms with Gasteiger partial charge in [-0.2, -0.15) is 13.2 Å². The molecule has 2 saturated heterocycles. The molecule has 0 saturated carbocycles. The number of ether oxygens (including phenoxy) is 1. The first kappa shape index (κ1) is 24.5. The summed E-state index contributed by atoms with van der Waals surface area (Å²) in [5, 5.41) is 3.34. The first-order chi connectivity index (χ1) is 16.2. The Morgan fingerprint density at radius 1 is 1.32 bits per heavy atom. The molecule has 2 aliphatic heterocycles. The molecule has 0 aromatic carbocycles. The van der Waals surface area contributed by atoms with E-state index < -0.39 is 11.7 Å². The van der Waals surface area contributed by atoms with Crippen LogP contribution in [0, 0.1) is 0 Å². The highest BCUT2D eigenvalue weighted by Crippen LogP contribution is 2.34. The number of piperidine rings is 1. The minimum atomic E-state index is -4.44. The van der Waals surface area contributed by atoms with Crippen molar-refractivity contribution in [1.82, 2.24) is 19.2 Å². The fraction of sp³-hybridized carbons (Fsp3) is 0.583. The number of carbonyl (C=O) groups is 1. The summed E-state index contributed by atoms with van der Waals surface area (Å²) in [6.07, 6.45) is 1.21. The summed E-state index contributed by atoms with van der Waals surface area (Å²) >= 11 is 0. The van der Waals surface area contributed by atoms with Crippen LogP contribution in [0.5, 0.6) is 0 Å². The lowest BCUT2D eigenvalue weighted by molar-refractivity contribution is -0.138. The number of imidazole rings is 1. The first-order valence-corrected chi connectivity index (χ1v) is 11.8. The fourth-order valence-electron chi connectivity index (χ4n) is 4.72. The highest BCUT2D eigenvalue weighted by Gasteiger charge is 2.33. The molecule has 2 fully saturated rings. The van der Waals surface area contributed by atoms with Gasteiger partial charge in [-0.25, -0.2) is 4.98 Å². The van der Waals surface area contributed by atoms with Gasteiger partial charge in [-0.1, -0.05) is 20.4 Å². The van der Waals surface area contributed by atoms with Crippen LogP contribution in [0.25, 0.3) is 5.65 Å². The second-order valence-corrected chi connectivity index (χ2v) is 9.37. The summed E-state index contributed by atoms with van der Waals surface area (Å²) in [4.78, 5) is 20.4. The van der Waals surface area contributed by atoms with Gasteiger partial charge in [0.2, 0.25) is 5.91 Å². The number of morpholine rings is 1. The number of pyridine rings is 1. The zero-order valence-electron chi connectivity index (χ0n) is 19.6. The first-order valence-electron chi connectivity index (χ1n) is 11.8. The summed E-state index contributed by atoms with van der Waals surface area (Å²) < 4.78 is 48.1. The maximum Gasteiger partial charge on any atom is 0.417 e. The molecule has 0 radical (unpaired) electrons. The Morgan fingerprint density at radius 3 is 2.71 bits per heavy atom. The van der Waals surface area contributed by atoms with E-state index in [9.17, 15) is 18.0 Å². The van der Waals surface area contributed by atoms with E-state index in [1.54, 1.807) is 15.5 Å². The minimum Gasteiger partial charge on any atom is -0.379 e. The molecule has 1 N–H and O–H groups in total. The molecule has 0 aliphatic carbocycles. The summed E-state index contributed by atoms with van der Waals surface area (Å²) in [5.41, 5.74) is 0.986. The highest BCUT2D eigenvalue weighted by atomic mass is 19.4. The quantitative estimate of drug-likeness (QED) is 0.640. The van der Waals surface area contributed by atoms with E-state index in [2.05, 4.69) is 21.8 Å². The molecule has 1 unspecified atom stereocenters. The van der Waals surface area contributed by atoms with Gasteiger partial charge in [0.25, 0.3) is 0 Å². The molecule has 1 amide bonds. The minimum absolute atomic E-state index is 0.0499. The number of carbonyl (C=O) groups excluding carboxylic acids is 1. The molecule has 0 spiro atoms. The van der Waals surface area contributed by atoms with Crippen LogP contribution in [0.1, 0.15) is 43.9 Å². The summed E-state index contributed by atoms with van der Waals surface area (Å²) in [5.74, 6) is -0.0301. The van der Waals surface area contributed by atoms with Crippen molar-refractivity contribution >= 4 is 17.2 Å². The maximum absolute atomic E-state index is 13.6. The largest absolute Gasteiger partial charge is 0.417 e. The van der Waals surface area contributed by atoms with Crippen molar-refractivity contribution in [1.29, 1.82) is 0 Å². The third kappa shape index (κ3) is 5.38. The number of nitrogens with one attached hydrogen (secondary N) is 1. The van der Waals surface area contributed by atoms with Crippen LogP contribution in [0.2, 0.25) is 0 Å². The van der Waals surface area contributed by atoms with Crippen molar-refractivity contribution in [2.45, 2.75) is 50.9 Å². The van der Waals surface area contributed by atoms with E-state index >= 15 is 0 Å². The SMILES string of the molecule is C=CC(=O)N1CCOC(CN2CCC(Nc3cc(C(F)(F)F)cn4c(C(C)C)cnc34)CC2)C1. The van der Waals surface area contributed by atoms with Crippen LogP contribution in [-0.2, 0) is 15.7 Å². The van der Waals surface area contributed by atoms with Crippen LogP contribution in [0.3, 0.4) is 0 Å². The second-order valence-electron chi connectivity index (χ2n) is 9.37. The normalized spacial score (nSPS) is 20.8. The number of likely N-dealkylation sites (tertiary alicyclic amines) is 1. The van der Waals surface area contributed by atoms with Gasteiger partial charge in [-0.3, -0.25) is 4.79 Å². The number of aromatic nitrogens is 2. The number of alkyl halides is 3. The Kier molecular flexibility index (Phi) is 7.18. The number of hydrogen-bond acceptors (Lipinski definition) is 5. The molecular formula is C24H32F3N5O2. The lowest BCUT2D eigenvalue weighted by Gasteiger charge is -2.38. The summed E-state index contributed by atoms with van der Waals surface area (Å²) in [7, 11) is 0. The van der Waals surface area contributed by atoms with Crippen LogP contribution < -0.4 is 5.32 Å². The van der Waals surface area contributed by atoms with E-state index in [1.807, 2.05) is 13.8 Å². The number of fused-ring (bicyclic) bond motifs is 1. The van der Waals surface area contributed by atoms with Crippen LogP contribution in [-0.4, -0.2) is 76.6 Å². The van der Waals surface area contributed by atoms with Crippen molar-refractivity contribution in [2.75, 3.05) is 44.6 Å². The van der Waals surface area contributed by atoms with Gasteiger partial charge < -0.3 is 24.3 Å². The van der Waals surface area contributed by atoms with Crippen molar-refractivity contribution in [3.8, 4) is 0 Å². The van der Waals surface area contributed by atoms with Gasteiger partial charge in [-0.15, -0.1) is 0 Å². The van der Waals surface area contributed by atoms with Crippen molar-refractivity contribution in [3.05, 3.63) is 42.4 Å². The van der Waals surface area contributed by atoms with Crippen molar-refractivity contribution < 1.29 is 22.7 Å². The predicted octanol–water partition coefficient (Wildman–Crippen LogP) is 3.77. The van der Waals surface area contributed by atoms with Crippen molar-refractivity contribution in [2.24, 2.45) is 0 Å². The molecule has 2 aliphatic rings. The maximum atomic E-state index is 13.6.